The van der Waals surface area contributed by atoms with Gasteiger partial charge in [0.15, 0.2) is 0 Å². The molecule has 1 aliphatic rings. The maximum absolute atomic E-state index is 13.8. The van der Waals surface area contributed by atoms with E-state index in [2.05, 4.69) is 56.2 Å². The van der Waals surface area contributed by atoms with E-state index in [0.29, 0.717) is 12.4 Å². The number of carbonyl (C=O) groups excluding carboxylic acids is 2. The Hall–Kier alpha value is -3.91. The van der Waals surface area contributed by atoms with Crippen LogP contribution < -0.4 is 10.2 Å². The number of benzene rings is 2. The van der Waals surface area contributed by atoms with Crippen molar-refractivity contribution in [2.45, 2.75) is 51.8 Å². The van der Waals surface area contributed by atoms with Crippen molar-refractivity contribution in [2.24, 2.45) is 0 Å². The SMILES string of the molecule is Cc1cccc(-n2nc(C(C)(C)C)c3c2N(CC(=O)NCc2cccnc2)C(=O)CSC3c2ccccc2C)c1. The Kier molecular flexibility index (Phi) is 7.81. The van der Waals surface area contributed by atoms with Crippen molar-refractivity contribution in [3.05, 3.63) is 107 Å². The number of pyridine rings is 1. The first-order chi connectivity index (χ1) is 19.1. The third kappa shape index (κ3) is 5.68. The monoisotopic (exact) mass is 553 g/mol. The van der Waals surface area contributed by atoms with E-state index >= 15 is 0 Å². The Bertz CT molecular complexity index is 1540. The minimum Gasteiger partial charge on any atom is -0.350 e. The summed E-state index contributed by atoms with van der Waals surface area (Å²) in [5, 5.41) is 8.03. The van der Waals surface area contributed by atoms with Gasteiger partial charge in [-0.05, 0) is 54.3 Å². The molecule has 1 aliphatic heterocycles. The number of nitrogens with zero attached hydrogens (tertiary/aromatic N) is 4. The standard InChI is InChI=1S/C32H35N5O2S/c1-21-10-8-13-24(16-21)37-31-28(30(35-37)32(3,4)5)29(25-14-7-6-11-22(25)2)40-20-27(39)36(31)19-26(38)34-18-23-12-9-15-33-17-23/h6-17,29H,18-20H2,1-5H3,(H,34,38). The number of anilines is 1. The molecule has 0 aliphatic carbocycles. The summed E-state index contributed by atoms with van der Waals surface area (Å²) in [4.78, 5) is 32.9. The minimum atomic E-state index is -0.303. The van der Waals surface area contributed by atoms with Crippen LogP contribution in [-0.2, 0) is 21.5 Å². The highest BCUT2D eigenvalue weighted by molar-refractivity contribution is 8.00. The number of hydrogen-bond donors (Lipinski definition) is 1. The van der Waals surface area contributed by atoms with Gasteiger partial charge < -0.3 is 5.32 Å². The molecule has 0 saturated heterocycles. The molecule has 8 heteroatoms. The van der Waals surface area contributed by atoms with E-state index in [-0.39, 0.29) is 34.8 Å². The number of hydrogen-bond acceptors (Lipinski definition) is 5. The highest BCUT2D eigenvalue weighted by atomic mass is 32.2. The van der Waals surface area contributed by atoms with Gasteiger partial charge in [0.1, 0.15) is 12.4 Å². The van der Waals surface area contributed by atoms with Crippen molar-refractivity contribution in [1.29, 1.82) is 0 Å². The molecule has 4 aromatic rings. The molecule has 206 valence electrons. The van der Waals surface area contributed by atoms with Gasteiger partial charge in [0.05, 0.1) is 22.4 Å². The maximum Gasteiger partial charge on any atom is 0.240 e. The zero-order chi connectivity index (χ0) is 28.4. The van der Waals surface area contributed by atoms with Crippen molar-refractivity contribution >= 4 is 29.4 Å². The molecule has 0 bridgehead atoms. The summed E-state index contributed by atoms with van der Waals surface area (Å²) in [6.07, 6.45) is 3.42. The summed E-state index contributed by atoms with van der Waals surface area (Å²) < 4.78 is 1.87. The van der Waals surface area contributed by atoms with Gasteiger partial charge in [-0.3, -0.25) is 19.5 Å². The van der Waals surface area contributed by atoms with Crippen LogP contribution >= 0.6 is 11.8 Å². The second-order valence-corrected chi connectivity index (χ2v) is 12.3. The molecule has 2 amide bonds. The van der Waals surface area contributed by atoms with Crippen LogP contribution in [0.15, 0.2) is 73.1 Å². The van der Waals surface area contributed by atoms with E-state index < -0.39 is 0 Å². The van der Waals surface area contributed by atoms with Gasteiger partial charge in [0.2, 0.25) is 11.8 Å². The van der Waals surface area contributed by atoms with Gasteiger partial charge in [-0.15, -0.1) is 11.8 Å². The van der Waals surface area contributed by atoms with E-state index in [1.54, 1.807) is 29.1 Å². The Morgan fingerprint density at radius 3 is 2.58 bits per heavy atom. The quantitative estimate of drug-likeness (QED) is 0.333. The van der Waals surface area contributed by atoms with Gasteiger partial charge in [0, 0.05) is 29.9 Å². The van der Waals surface area contributed by atoms with Crippen LogP contribution in [0.3, 0.4) is 0 Å². The van der Waals surface area contributed by atoms with Crippen LogP contribution in [0.4, 0.5) is 5.82 Å². The normalized spacial score (nSPS) is 15.5. The molecule has 0 saturated carbocycles. The first-order valence-corrected chi connectivity index (χ1v) is 14.5. The summed E-state index contributed by atoms with van der Waals surface area (Å²) in [6.45, 7) is 10.8. The van der Waals surface area contributed by atoms with Crippen molar-refractivity contribution in [3.8, 4) is 5.69 Å². The zero-order valence-corrected chi connectivity index (χ0v) is 24.5. The smallest absolute Gasteiger partial charge is 0.240 e. The number of thioether (sulfide) groups is 1. The molecule has 1 atom stereocenters. The summed E-state index contributed by atoms with van der Waals surface area (Å²) >= 11 is 1.60. The van der Waals surface area contributed by atoms with Gasteiger partial charge in [-0.1, -0.05) is 63.2 Å². The van der Waals surface area contributed by atoms with Crippen LogP contribution in [0.25, 0.3) is 5.69 Å². The topological polar surface area (TPSA) is 80.1 Å². The molecule has 1 unspecified atom stereocenters. The number of fused-ring (bicyclic) bond motifs is 1. The number of carbonyl (C=O) groups is 2. The van der Waals surface area contributed by atoms with Crippen LogP contribution in [0.2, 0.25) is 0 Å². The molecular formula is C32H35N5O2S. The van der Waals surface area contributed by atoms with E-state index in [9.17, 15) is 9.59 Å². The molecule has 0 radical (unpaired) electrons. The third-order valence-electron chi connectivity index (χ3n) is 7.03. The van der Waals surface area contributed by atoms with Gasteiger partial charge in [-0.2, -0.15) is 5.10 Å². The minimum absolute atomic E-state index is 0.103. The summed E-state index contributed by atoms with van der Waals surface area (Å²) in [5.74, 6) is 0.557. The van der Waals surface area contributed by atoms with E-state index in [0.717, 1.165) is 39.2 Å². The number of amides is 2. The lowest BCUT2D eigenvalue weighted by atomic mass is 9.86. The maximum atomic E-state index is 13.8. The third-order valence-corrected chi connectivity index (χ3v) is 8.27. The average Bonchev–Trinajstić information content (AvgIpc) is 3.27. The predicted octanol–water partition coefficient (Wildman–Crippen LogP) is 5.67. The molecule has 0 fully saturated rings. The molecule has 0 spiro atoms. The molecule has 2 aromatic carbocycles. The summed E-state index contributed by atoms with van der Waals surface area (Å²) in [7, 11) is 0. The van der Waals surface area contributed by atoms with E-state index in [4.69, 9.17) is 5.10 Å². The fourth-order valence-electron chi connectivity index (χ4n) is 5.04. The van der Waals surface area contributed by atoms with Crippen LogP contribution in [0, 0.1) is 13.8 Å². The molecule has 5 rings (SSSR count). The van der Waals surface area contributed by atoms with Crippen molar-refractivity contribution in [3.63, 3.8) is 0 Å². The van der Waals surface area contributed by atoms with Crippen molar-refractivity contribution < 1.29 is 9.59 Å². The van der Waals surface area contributed by atoms with Crippen LogP contribution in [0.1, 0.15) is 59.5 Å². The lowest BCUT2D eigenvalue weighted by Crippen LogP contribution is -2.42. The van der Waals surface area contributed by atoms with Gasteiger partial charge >= 0.3 is 0 Å². The molecule has 40 heavy (non-hydrogen) atoms. The average molecular weight is 554 g/mol. The highest BCUT2D eigenvalue weighted by Crippen LogP contribution is 2.49. The number of nitrogens with one attached hydrogen (secondary N) is 1. The predicted molar refractivity (Wildman–Crippen MR) is 161 cm³/mol. The second kappa shape index (κ2) is 11.3. The highest BCUT2D eigenvalue weighted by Gasteiger charge is 2.40. The summed E-state index contributed by atoms with van der Waals surface area (Å²) in [6, 6.07) is 20.2. The molecule has 7 nitrogen and oxygen atoms in total. The van der Waals surface area contributed by atoms with Crippen molar-refractivity contribution in [1.82, 2.24) is 20.1 Å². The first-order valence-electron chi connectivity index (χ1n) is 13.5. The number of aryl methyl sites for hydroxylation is 2. The van der Waals surface area contributed by atoms with Gasteiger partial charge in [0.25, 0.3) is 0 Å². The van der Waals surface area contributed by atoms with Crippen LogP contribution in [0.5, 0.6) is 0 Å². The molecule has 1 N–H and O–H groups in total. The van der Waals surface area contributed by atoms with Gasteiger partial charge in [-0.25, -0.2) is 4.68 Å². The Morgan fingerprint density at radius 1 is 1.07 bits per heavy atom. The zero-order valence-electron chi connectivity index (χ0n) is 23.6. The lowest BCUT2D eigenvalue weighted by molar-refractivity contribution is -0.123. The molecule has 2 aromatic heterocycles. The Balaban J connectivity index is 1.67. The summed E-state index contributed by atoms with van der Waals surface area (Å²) in [5.41, 5.74) is 6.75. The molecule has 3 heterocycles. The van der Waals surface area contributed by atoms with E-state index in [1.807, 2.05) is 54.1 Å². The Labute approximate surface area is 240 Å². The van der Waals surface area contributed by atoms with E-state index in [1.165, 1.54) is 0 Å². The fraction of sp³-hybridized carbons (Fsp3) is 0.312. The second-order valence-electron chi connectivity index (χ2n) is 11.3. The number of aromatic nitrogens is 3. The Morgan fingerprint density at radius 2 is 1.88 bits per heavy atom. The van der Waals surface area contributed by atoms with Crippen molar-refractivity contribution in [2.75, 3.05) is 17.2 Å². The lowest BCUT2D eigenvalue weighted by Gasteiger charge is -2.25. The first kappa shape index (κ1) is 27.6. The van der Waals surface area contributed by atoms with Crippen LogP contribution in [-0.4, -0.2) is 38.9 Å². The molecular weight excluding hydrogens is 518 g/mol. The fourth-order valence-corrected chi connectivity index (χ4v) is 6.34. The largest absolute Gasteiger partial charge is 0.350 e. The number of rotatable bonds is 6.